The first-order valence-electron chi connectivity index (χ1n) is 6.69. The molecule has 0 saturated carbocycles. The predicted molar refractivity (Wildman–Crippen MR) is 81.2 cm³/mol. The third kappa shape index (κ3) is 4.26. The molecule has 0 aromatic heterocycles. The van der Waals surface area contributed by atoms with Crippen molar-refractivity contribution in [2.24, 2.45) is 0 Å². The van der Waals surface area contributed by atoms with Crippen LogP contribution in [0.4, 0.5) is 0 Å². The normalized spacial score (nSPS) is 21.3. The minimum absolute atomic E-state index is 0.0853. The summed E-state index contributed by atoms with van der Waals surface area (Å²) in [6.45, 7) is 3.45. The van der Waals surface area contributed by atoms with Crippen LogP contribution in [0.25, 0.3) is 0 Å². The van der Waals surface area contributed by atoms with E-state index in [-0.39, 0.29) is 16.7 Å². The fourth-order valence-corrected chi connectivity index (χ4v) is 4.65. The SMILES string of the molecule is C[C@@H]1CN(S(=O)(=O)c2ccc(CS(C)(=O)=O)cc2)CCN1. The van der Waals surface area contributed by atoms with Crippen LogP contribution in [0, 0.1) is 0 Å². The summed E-state index contributed by atoms with van der Waals surface area (Å²) in [6.07, 6.45) is 1.15. The Morgan fingerprint density at radius 3 is 2.33 bits per heavy atom. The molecule has 0 radical (unpaired) electrons. The molecule has 8 heteroatoms. The van der Waals surface area contributed by atoms with Gasteiger partial charge in [-0.3, -0.25) is 0 Å². The number of nitrogens with zero attached hydrogens (tertiary/aromatic N) is 1. The zero-order valence-corrected chi connectivity index (χ0v) is 13.7. The molecule has 1 fully saturated rings. The molecule has 2 rings (SSSR count). The van der Waals surface area contributed by atoms with E-state index in [1.54, 1.807) is 12.1 Å². The van der Waals surface area contributed by atoms with E-state index in [0.717, 1.165) is 6.26 Å². The monoisotopic (exact) mass is 332 g/mol. The Morgan fingerprint density at radius 1 is 1.19 bits per heavy atom. The standard InChI is InChI=1S/C13H20N2O4S2/c1-11-9-15(8-7-14-11)21(18,19)13-5-3-12(4-6-13)10-20(2,16)17/h3-6,11,14H,7-10H2,1-2H3/t11-/m1/s1. The summed E-state index contributed by atoms with van der Waals surface area (Å²) in [4.78, 5) is 0.203. The Labute approximate surface area is 126 Å². The molecule has 0 bridgehead atoms. The number of piperazine rings is 1. The topological polar surface area (TPSA) is 83.6 Å². The van der Waals surface area contributed by atoms with Crippen molar-refractivity contribution in [3.63, 3.8) is 0 Å². The van der Waals surface area contributed by atoms with Gasteiger partial charge in [-0.15, -0.1) is 0 Å². The van der Waals surface area contributed by atoms with Crippen molar-refractivity contribution in [1.82, 2.24) is 9.62 Å². The summed E-state index contributed by atoms with van der Waals surface area (Å²) in [6, 6.07) is 6.18. The number of sulfone groups is 1. The zero-order chi connectivity index (χ0) is 15.7. The molecule has 0 spiro atoms. The smallest absolute Gasteiger partial charge is 0.243 e. The van der Waals surface area contributed by atoms with Gasteiger partial charge in [0.25, 0.3) is 0 Å². The molecular weight excluding hydrogens is 312 g/mol. The molecule has 118 valence electrons. The molecule has 0 unspecified atom stereocenters. The van der Waals surface area contributed by atoms with Crippen LogP contribution in [0.2, 0.25) is 0 Å². The number of benzene rings is 1. The van der Waals surface area contributed by atoms with Gasteiger partial charge in [0, 0.05) is 31.9 Å². The molecule has 1 aliphatic heterocycles. The zero-order valence-electron chi connectivity index (χ0n) is 12.1. The first-order valence-corrected chi connectivity index (χ1v) is 10.2. The lowest BCUT2D eigenvalue weighted by molar-refractivity contribution is 0.310. The average Bonchev–Trinajstić information content (AvgIpc) is 2.37. The van der Waals surface area contributed by atoms with E-state index < -0.39 is 19.9 Å². The summed E-state index contributed by atoms with van der Waals surface area (Å²) in [5.41, 5.74) is 0.588. The maximum absolute atomic E-state index is 12.5. The van der Waals surface area contributed by atoms with Gasteiger partial charge in [0.2, 0.25) is 10.0 Å². The quantitative estimate of drug-likeness (QED) is 0.852. The van der Waals surface area contributed by atoms with Gasteiger partial charge in [0.05, 0.1) is 10.6 Å². The molecule has 0 aliphatic carbocycles. The average molecular weight is 332 g/mol. The highest BCUT2D eigenvalue weighted by atomic mass is 32.2. The van der Waals surface area contributed by atoms with E-state index >= 15 is 0 Å². The lowest BCUT2D eigenvalue weighted by Crippen LogP contribution is -2.51. The second-order valence-corrected chi connectivity index (χ2v) is 9.51. The number of rotatable bonds is 4. The molecule has 1 N–H and O–H groups in total. The van der Waals surface area contributed by atoms with E-state index in [0.29, 0.717) is 25.2 Å². The largest absolute Gasteiger partial charge is 0.312 e. The van der Waals surface area contributed by atoms with Crippen molar-refractivity contribution in [2.75, 3.05) is 25.9 Å². The van der Waals surface area contributed by atoms with E-state index in [2.05, 4.69) is 5.32 Å². The van der Waals surface area contributed by atoms with E-state index in [1.807, 2.05) is 6.92 Å². The van der Waals surface area contributed by atoms with Crippen LogP contribution in [0.1, 0.15) is 12.5 Å². The van der Waals surface area contributed by atoms with Gasteiger partial charge in [-0.25, -0.2) is 16.8 Å². The predicted octanol–water partition coefficient (Wildman–Crippen LogP) is 0.214. The lowest BCUT2D eigenvalue weighted by atomic mass is 10.2. The van der Waals surface area contributed by atoms with E-state index in [9.17, 15) is 16.8 Å². The highest BCUT2D eigenvalue weighted by molar-refractivity contribution is 7.90. The molecule has 6 nitrogen and oxygen atoms in total. The van der Waals surface area contributed by atoms with Crippen molar-refractivity contribution in [3.8, 4) is 0 Å². The van der Waals surface area contributed by atoms with E-state index in [1.165, 1.54) is 16.4 Å². The minimum Gasteiger partial charge on any atom is -0.312 e. The first kappa shape index (κ1) is 16.4. The van der Waals surface area contributed by atoms with Gasteiger partial charge in [0.15, 0.2) is 9.84 Å². The third-order valence-corrected chi connectivity index (χ3v) is 6.06. The fraction of sp³-hybridized carbons (Fsp3) is 0.538. The van der Waals surface area contributed by atoms with Crippen LogP contribution < -0.4 is 5.32 Å². The molecule has 1 aliphatic rings. The van der Waals surface area contributed by atoms with Crippen molar-refractivity contribution >= 4 is 19.9 Å². The first-order chi connectivity index (χ1) is 9.68. The second-order valence-electron chi connectivity index (χ2n) is 5.43. The molecular formula is C13H20N2O4S2. The molecule has 1 heterocycles. The van der Waals surface area contributed by atoms with Gasteiger partial charge >= 0.3 is 0 Å². The summed E-state index contributed by atoms with van der Waals surface area (Å²) < 4.78 is 48.9. The molecule has 1 saturated heterocycles. The Morgan fingerprint density at radius 2 is 1.81 bits per heavy atom. The Kier molecular flexibility index (Phi) is 4.72. The molecule has 1 atom stereocenters. The van der Waals surface area contributed by atoms with Crippen LogP contribution in [0.15, 0.2) is 29.2 Å². The van der Waals surface area contributed by atoms with Crippen molar-refractivity contribution in [2.45, 2.75) is 23.6 Å². The fourth-order valence-electron chi connectivity index (χ4n) is 2.32. The minimum atomic E-state index is -3.51. The van der Waals surface area contributed by atoms with Crippen molar-refractivity contribution in [1.29, 1.82) is 0 Å². The summed E-state index contributed by atoms with van der Waals surface area (Å²) in [7, 11) is -6.63. The summed E-state index contributed by atoms with van der Waals surface area (Å²) in [5.74, 6) is -0.0853. The molecule has 1 aromatic carbocycles. The van der Waals surface area contributed by atoms with Crippen molar-refractivity contribution in [3.05, 3.63) is 29.8 Å². The number of hydrogen-bond acceptors (Lipinski definition) is 5. The maximum atomic E-state index is 12.5. The Hall–Kier alpha value is -0.960. The third-order valence-electron chi connectivity index (χ3n) is 3.32. The van der Waals surface area contributed by atoms with Crippen LogP contribution in [-0.4, -0.2) is 53.1 Å². The Balaban J connectivity index is 2.21. The van der Waals surface area contributed by atoms with E-state index in [4.69, 9.17) is 0 Å². The number of hydrogen-bond donors (Lipinski definition) is 1. The van der Waals surface area contributed by atoms with Gasteiger partial charge in [-0.2, -0.15) is 4.31 Å². The van der Waals surface area contributed by atoms with Crippen LogP contribution in [0.3, 0.4) is 0 Å². The van der Waals surface area contributed by atoms with Gasteiger partial charge < -0.3 is 5.32 Å². The molecule has 21 heavy (non-hydrogen) atoms. The second kappa shape index (κ2) is 6.04. The summed E-state index contributed by atoms with van der Waals surface area (Å²) in [5, 5.41) is 3.20. The number of nitrogens with one attached hydrogen (secondary N) is 1. The lowest BCUT2D eigenvalue weighted by Gasteiger charge is -2.31. The maximum Gasteiger partial charge on any atom is 0.243 e. The molecule has 0 amide bonds. The van der Waals surface area contributed by atoms with Crippen LogP contribution in [0.5, 0.6) is 0 Å². The summed E-state index contributed by atoms with van der Waals surface area (Å²) >= 11 is 0. The highest BCUT2D eigenvalue weighted by Gasteiger charge is 2.28. The van der Waals surface area contributed by atoms with Crippen LogP contribution >= 0.6 is 0 Å². The van der Waals surface area contributed by atoms with Gasteiger partial charge in [0.1, 0.15) is 0 Å². The number of sulfonamides is 1. The highest BCUT2D eigenvalue weighted by Crippen LogP contribution is 2.18. The van der Waals surface area contributed by atoms with Crippen molar-refractivity contribution < 1.29 is 16.8 Å². The molecule has 1 aromatic rings. The van der Waals surface area contributed by atoms with Gasteiger partial charge in [-0.1, -0.05) is 12.1 Å². The van der Waals surface area contributed by atoms with Crippen LogP contribution in [-0.2, 0) is 25.6 Å². The Bertz CT molecular complexity index is 696. The van der Waals surface area contributed by atoms with Gasteiger partial charge in [-0.05, 0) is 24.6 Å².